The van der Waals surface area contributed by atoms with E-state index in [9.17, 15) is 4.79 Å². The molecule has 0 radical (unpaired) electrons. The van der Waals surface area contributed by atoms with Crippen LogP contribution in [-0.2, 0) is 4.79 Å². The minimum absolute atomic E-state index is 0.0455. The van der Waals surface area contributed by atoms with E-state index in [2.05, 4.69) is 33.9 Å². The molecule has 1 saturated carbocycles. The molecule has 0 spiro atoms. The van der Waals surface area contributed by atoms with Crippen LogP contribution in [0.2, 0.25) is 0 Å². The molecule has 28 heavy (non-hydrogen) atoms. The fourth-order valence-electron chi connectivity index (χ4n) is 3.74. The Morgan fingerprint density at radius 3 is 2.68 bits per heavy atom. The predicted molar refractivity (Wildman–Crippen MR) is 113 cm³/mol. The number of aromatic nitrogens is 3. The smallest absolute Gasteiger partial charge is 0.230 e. The van der Waals surface area contributed by atoms with E-state index in [0.717, 1.165) is 35.1 Å². The number of rotatable bonds is 8. The van der Waals surface area contributed by atoms with Gasteiger partial charge in [0.25, 0.3) is 0 Å². The van der Waals surface area contributed by atoms with Gasteiger partial charge in [-0.3, -0.25) is 9.36 Å². The van der Waals surface area contributed by atoms with E-state index in [0.29, 0.717) is 24.3 Å². The molecule has 1 fully saturated rings. The van der Waals surface area contributed by atoms with E-state index >= 15 is 0 Å². The molecule has 1 aliphatic carbocycles. The van der Waals surface area contributed by atoms with Crippen LogP contribution in [0.3, 0.4) is 0 Å². The molecule has 0 unspecified atom stereocenters. The third kappa shape index (κ3) is 4.87. The summed E-state index contributed by atoms with van der Waals surface area (Å²) in [6.45, 7) is 5.07. The Morgan fingerprint density at radius 1 is 1.25 bits per heavy atom. The molecule has 1 amide bonds. The van der Waals surface area contributed by atoms with Crippen molar-refractivity contribution in [2.45, 2.75) is 57.1 Å². The molecule has 3 rings (SSSR count). The molecule has 1 N–H and O–H groups in total. The van der Waals surface area contributed by atoms with Crippen molar-refractivity contribution in [3.8, 4) is 17.1 Å². The van der Waals surface area contributed by atoms with Gasteiger partial charge in [-0.1, -0.05) is 38.5 Å². The molecule has 0 saturated heterocycles. The quantitative estimate of drug-likeness (QED) is 0.666. The van der Waals surface area contributed by atoms with Crippen LogP contribution in [0.5, 0.6) is 5.75 Å². The number of amides is 1. The van der Waals surface area contributed by atoms with Crippen LogP contribution in [-0.4, -0.2) is 40.1 Å². The molecule has 7 heteroatoms. The van der Waals surface area contributed by atoms with Crippen LogP contribution >= 0.6 is 11.8 Å². The first-order valence-corrected chi connectivity index (χ1v) is 11.1. The standard InChI is InChI=1S/C21H30N4O2S/c1-4-13-22-19(26)14-28-21-24-23-20(16-9-11-17(27-3)12-10-16)25(21)18-8-6-5-7-15(18)2/h9-12,15,18H,4-8,13-14H2,1-3H3,(H,22,26)/t15-,18-/m1/s1. The van der Waals surface area contributed by atoms with Crippen molar-refractivity contribution >= 4 is 17.7 Å². The fraction of sp³-hybridized carbons (Fsp3) is 0.571. The summed E-state index contributed by atoms with van der Waals surface area (Å²) in [5, 5.41) is 12.7. The molecule has 1 aromatic carbocycles. The normalized spacial score (nSPS) is 19.4. The van der Waals surface area contributed by atoms with E-state index in [1.165, 1.54) is 31.0 Å². The zero-order valence-corrected chi connectivity index (χ0v) is 17.8. The predicted octanol–water partition coefficient (Wildman–Crippen LogP) is 4.32. The zero-order valence-electron chi connectivity index (χ0n) is 17.0. The van der Waals surface area contributed by atoms with Crippen LogP contribution in [0, 0.1) is 5.92 Å². The second-order valence-electron chi connectivity index (χ2n) is 7.37. The molecule has 1 aliphatic rings. The van der Waals surface area contributed by atoms with Crippen molar-refractivity contribution in [1.82, 2.24) is 20.1 Å². The number of thioether (sulfide) groups is 1. The van der Waals surface area contributed by atoms with Crippen molar-refractivity contribution in [3.05, 3.63) is 24.3 Å². The van der Waals surface area contributed by atoms with Crippen molar-refractivity contribution in [3.63, 3.8) is 0 Å². The third-order valence-corrected chi connectivity index (χ3v) is 6.26. The van der Waals surface area contributed by atoms with Crippen LogP contribution in [0.15, 0.2) is 29.4 Å². The van der Waals surface area contributed by atoms with Crippen LogP contribution in [0.25, 0.3) is 11.4 Å². The maximum absolute atomic E-state index is 12.1. The molecule has 6 nitrogen and oxygen atoms in total. The first kappa shape index (κ1) is 20.7. The maximum atomic E-state index is 12.1. The number of benzene rings is 1. The zero-order chi connectivity index (χ0) is 19.9. The van der Waals surface area contributed by atoms with Gasteiger partial charge in [0, 0.05) is 18.2 Å². The molecule has 1 heterocycles. The highest BCUT2D eigenvalue weighted by Crippen LogP contribution is 2.39. The van der Waals surface area contributed by atoms with E-state index in [1.807, 2.05) is 24.3 Å². The summed E-state index contributed by atoms with van der Waals surface area (Å²) in [6.07, 6.45) is 5.77. The molecule has 1 aromatic heterocycles. The van der Waals surface area contributed by atoms with Gasteiger partial charge in [-0.2, -0.15) is 0 Å². The number of carbonyl (C=O) groups is 1. The van der Waals surface area contributed by atoms with Crippen molar-refractivity contribution in [2.24, 2.45) is 5.92 Å². The summed E-state index contributed by atoms with van der Waals surface area (Å²) in [5.74, 6) is 2.67. The largest absolute Gasteiger partial charge is 0.497 e. The number of hydrogen-bond acceptors (Lipinski definition) is 5. The Balaban J connectivity index is 1.88. The number of hydrogen-bond donors (Lipinski definition) is 1. The summed E-state index contributed by atoms with van der Waals surface area (Å²) in [4.78, 5) is 12.1. The van der Waals surface area contributed by atoms with Gasteiger partial charge in [0.1, 0.15) is 5.75 Å². The van der Waals surface area contributed by atoms with Crippen molar-refractivity contribution in [2.75, 3.05) is 19.4 Å². The summed E-state index contributed by atoms with van der Waals surface area (Å²) in [7, 11) is 1.67. The highest BCUT2D eigenvalue weighted by molar-refractivity contribution is 7.99. The number of ether oxygens (including phenoxy) is 1. The molecule has 2 aromatic rings. The highest BCUT2D eigenvalue weighted by Gasteiger charge is 2.28. The molecular weight excluding hydrogens is 372 g/mol. The van der Waals surface area contributed by atoms with Crippen LogP contribution < -0.4 is 10.1 Å². The van der Waals surface area contributed by atoms with Gasteiger partial charge < -0.3 is 10.1 Å². The van der Waals surface area contributed by atoms with Crippen LogP contribution in [0.1, 0.15) is 52.0 Å². The lowest BCUT2D eigenvalue weighted by Gasteiger charge is -2.31. The monoisotopic (exact) mass is 402 g/mol. The lowest BCUT2D eigenvalue weighted by Crippen LogP contribution is -2.26. The summed E-state index contributed by atoms with van der Waals surface area (Å²) in [6, 6.07) is 8.31. The fourth-order valence-corrected chi connectivity index (χ4v) is 4.56. The van der Waals surface area contributed by atoms with Gasteiger partial charge in [0.2, 0.25) is 5.91 Å². The molecule has 2 atom stereocenters. The third-order valence-electron chi connectivity index (χ3n) is 5.32. The van der Waals surface area contributed by atoms with Gasteiger partial charge in [-0.05, 0) is 49.4 Å². The minimum Gasteiger partial charge on any atom is -0.497 e. The number of nitrogens with one attached hydrogen (secondary N) is 1. The number of carbonyl (C=O) groups excluding carboxylic acids is 1. The topological polar surface area (TPSA) is 69.0 Å². The van der Waals surface area contributed by atoms with E-state index < -0.39 is 0 Å². The summed E-state index contributed by atoms with van der Waals surface area (Å²) >= 11 is 1.48. The molecule has 152 valence electrons. The molecular formula is C21H30N4O2S. The average Bonchev–Trinajstić information content (AvgIpc) is 3.14. The second-order valence-corrected chi connectivity index (χ2v) is 8.31. The van der Waals surface area contributed by atoms with Gasteiger partial charge in [-0.25, -0.2) is 0 Å². The first-order chi connectivity index (χ1) is 13.6. The van der Waals surface area contributed by atoms with Crippen molar-refractivity contribution in [1.29, 1.82) is 0 Å². The number of methoxy groups -OCH3 is 1. The minimum atomic E-state index is 0.0455. The SMILES string of the molecule is CCCNC(=O)CSc1nnc(-c2ccc(OC)cc2)n1[C@@H]1CCCC[C@H]1C. The van der Waals surface area contributed by atoms with Crippen LogP contribution in [0.4, 0.5) is 0 Å². The van der Waals surface area contributed by atoms with Gasteiger partial charge in [-0.15, -0.1) is 10.2 Å². The highest BCUT2D eigenvalue weighted by atomic mass is 32.2. The van der Waals surface area contributed by atoms with E-state index in [4.69, 9.17) is 4.74 Å². The summed E-state index contributed by atoms with van der Waals surface area (Å²) < 4.78 is 7.55. The number of nitrogens with zero attached hydrogens (tertiary/aromatic N) is 3. The van der Waals surface area contributed by atoms with E-state index in [-0.39, 0.29) is 5.91 Å². The van der Waals surface area contributed by atoms with Crippen molar-refractivity contribution < 1.29 is 9.53 Å². The first-order valence-electron chi connectivity index (χ1n) is 10.1. The molecule has 0 bridgehead atoms. The second kappa shape index (κ2) is 9.96. The Morgan fingerprint density at radius 2 is 2.00 bits per heavy atom. The van der Waals surface area contributed by atoms with Gasteiger partial charge in [0.05, 0.1) is 12.9 Å². The average molecular weight is 403 g/mol. The Labute approximate surface area is 171 Å². The summed E-state index contributed by atoms with van der Waals surface area (Å²) in [5.41, 5.74) is 1.02. The Hall–Kier alpha value is -2.02. The van der Waals surface area contributed by atoms with Gasteiger partial charge >= 0.3 is 0 Å². The lowest BCUT2D eigenvalue weighted by molar-refractivity contribution is -0.118. The van der Waals surface area contributed by atoms with E-state index in [1.54, 1.807) is 7.11 Å². The Kier molecular flexibility index (Phi) is 7.36. The Bertz CT molecular complexity index is 775. The molecule has 0 aliphatic heterocycles. The lowest BCUT2D eigenvalue weighted by atomic mass is 9.85. The van der Waals surface area contributed by atoms with Gasteiger partial charge in [0.15, 0.2) is 11.0 Å². The maximum Gasteiger partial charge on any atom is 0.230 e.